The maximum atomic E-state index is 12.7. The van der Waals surface area contributed by atoms with Gasteiger partial charge in [-0.05, 0) is 43.4 Å². The van der Waals surface area contributed by atoms with E-state index >= 15 is 0 Å². The number of benzene rings is 1. The Morgan fingerprint density at radius 1 is 1.16 bits per heavy atom. The lowest BCUT2D eigenvalue weighted by Gasteiger charge is -2.11. The quantitative estimate of drug-likeness (QED) is 0.434. The molecule has 3 aromatic rings. The van der Waals surface area contributed by atoms with Crippen molar-refractivity contribution in [1.29, 1.82) is 0 Å². The average molecular weight is 457 g/mol. The molecule has 7 nitrogen and oxygen atoms in total. The zero-order valence-electron chi connectivity index (χ0n) is 17.3. The van der Waals surface area contributed by atoms with E-state index in [-0.39, 0.29) is 17.6 Å². The van der Waals surface area contributed by atoms with E-state index in [0.717, 1.165) is 43.4 Å². The van der Waals surface area contributed by atoms with Crippen molar-refractivity contribution >= 4 is 40.0 Å². The molecule has 0 bridgehead atoms. The molecule has 1 aliphatic rings. The highest BCUT2D eigenvalue weighted by molar-refractivity contribution is 7.99. The van der Waals surface area contributed by atoms with Crippen LogP contribution in [0.15, 0.2) is 41.8 Å². The number of nitrogens with one attached hydrogen (secondary N) is 1. The molecule has 0 fully saturated rings. The van der Waals surface area contributed by atoms with E-state index < -0.39 is 0 Å². The summed E-state index contributed by atoms with van der Waals surface area (Å²) in [7, 11) is 1.38. The molecule has 0 aliphatic heterocycles. The van der Waals surface area contributed by atoms with Gasteiger partial charge in [-0.15, -0.1) is 21.5 Å². The Labute approximate surface area is 189 Å². The van der Waals surface area contributed by atoms with Gasteiger partial charge in [-0.3, -0.25) is 9.36 Å². The van der Waals surface area contributed by atoms with Gasteiger partial charge in [-0.1, -0.05) is 42.8 Å². The van der Waals surface area contributed by atoms with Crippen LogP contribution in [-0.4, -0.2) is 39.5 Å². The van der Waals surface area contributed by atoms with Gasteiger partial charge >= 0.3 is 5.97 Å². The number of para-hydroxylation sites is 1. The Bertz CT molecular complexity index is 1060. The van der Waals surface area contributed by atoms with E-state index in [1.165, 1.54) is 41.5 Å². The number of amides is 1. The Balaban J connectivity index is 1.49. The molecule has 0 spiro atoms. The number of fused-ring (bicyclic) bond motifs is 1. The first-order chi connectivity index (χ1) is 15.2. The van der Waals surface area contributed by atoms with Gasteiger partial charge in [-0.25, -0.2) is 4.79 Å². The lowest BCUT2D eigenvalue weighted by Crippen LogP contribution is -2.16. The molecule has 0 atom stereocenters. The number of aryl methyl sites for hydroxylation is 1. The molecule has 4 rings (SSSR count). The molecular weight excluding hydrogens is 432 g/mol. The van der Waals surface area contributed by atoms with E-state index in [4.69, 9.17) is 4.74 Å². The second-order valence-electron chi connectivity index (χ2n) is 7.27. The fraction of sp³-hybridized carbons (Fsp3) is 0.364. The zero-order valence-corrected chi connectivity index (χ0v) is 18.9. The maximum Gasteiger partial charge on any atom is 0.341 e. The topological polar surface area (TPSA) is 86.1 Å². The van der Waals surface area contributed by atoms with Crippen LogP contribution in [0, 0.1) is 0 Å². The number of carbonyl (C=O) groups excluding carboxylic acids is 2. The molecule has 2 heterocycles. The van der Waals surface area contributed by atoms with Gasteiger partial charge in [0.15, 0.2) is 5.16 Å². The van der Waals surface area contributed by atoms with Crippen molar-refractivity contribution in [3.63, 3.8) is 0 Å². The third-order valence-corrected chi connectivity index (χ3v) is 7.35. The van der Waals surface area contributed by atoms with E-state index in [2.05, 4.69) is 15.5 Å². The van der Waals surface area contributed by atoms with Crippen LogP contribution in [0.2, 0.25) is 0 Å². The van der Waals surface area contributed by atoms with Gasteiger partial charge in [0.25, 0.3) is 0 Å². The van der Waals surface area contributed by atoms with Gasteiger partial charge in [0.1, 0.15) is 11.3 Å². The van der Waals surface area contributed by atoms with Crippen molar-refractivity contribution in [3.8, 4) is 5.69 Å². The Hall–Kier alpha value is -2.65. The van der Waals surface area contributed by atoms with Gasteiger partial charge < -0.3 is 10.1 Å². The zero-order chi connectivity index (χ0) is 21.6. The first-order valence-corrected chi connectivity index (χ1v) is 12.1. The molecule has 0 radical (unpaired) electrons. The van der Waals surface area contributed by atoms with Gasteiger partial charge in [-0.2, -0.15) is 0 Å². The van der Waals surface area contributed by atoms with Crippen LogP contribution in [0.3, 0.4) is 0 Å². The number of hydrogen-bond donors (Lipinski definition) is 1. The van der Waals surface area contributed by atoms with Gasteiger partial charge in [0.2, 0.25) is 5.91 Å². The highest BCUT2D eigenvalue weighted by Crippen LogP contribution is 2.37. The Morgan fingerprint density at radius 2 is 1.94 bits per heavy atom. The number of nitrogens with zero attached hydrogens (tertiary/aromatic N) is 3. The molecule has 2 aromatic heterocycles. The lowest BCUT2D eigenvalue weighted by atomic mass is 9.96. The van der Waals surface area contributed by atoms with Crippen LogP contribution in [0.25, 0.3) is 5.69 Å². The summed E-state index contributed by atoms with van der Waals surface area (Å²) >= 11 is 2.81. The maximum absolute atomic E-state index is 12.7. The van der Waals surface area contributed by atoms with Crippen LogP contribution >= 0.6 is 23.1 Å². The van der Waals surface area contributed by atoms with Gasteiger partial charge in [0.05, 0.1) is 18.4 Å². The minimum absolute atomic E-state index is 0.161. The number of anilines is 1. The fourth-order valence-corrected chi connectivity index (χ4v) is 5.73. The summed E-state index contributed by atoms with van der Waals surface area (Å²) < 4.78 is 6.87. The summed E-state index contributed by atoms with van der Waals surface area (Å²) in [5.41, 5.74) is 2.50. The summed E-state index contributed by atoms with van der Waals surface area (Å²) in [6.07, 6.45) is 7.93. The summed E-state index contributed by atoms with van der Waals surface area (Å²) in [6.45, 7) is 0. The second kappa shape index (κ2) is 10.1. The number of esters is 1. The smallest absolute Gasteiger partial charge is 0.341 e. The highest BCUT2D eigenvalue weighted by Gasteiger charge is 2.26. The Morgan fingerprint density at radius 3 is 2.71 bits per heavy atom. The van der Waals surface area contributed by atoms with E-state index in [9.17, 15) is 9.59 Å². The molecule has 0 saturated carbocycles. The lowest BCUT2D eigenvalue weighted by molar-refractivity contribution is -0.113. The van der Waals surface area contributed by atoms with Crippen molar-refractivity contribution in [2.45, 2.75) is 43.7 Å². The van der Waals surface area contributed by atoms with E-state index in [1.807, 2.05) is 34.9 Å². The minimum Gasteiger partial charge on any atom is -0.465 e. The summed E-state index contributed by atoms with van der Waals surface area (Å²) in [6, 6.07) is 9.73. The summed E-state index contributed by atoms with van der Waals surface area (Å²) in [5.74, 6) is -0.411. The Kier molecular flexibility index (Phi) is 7.03. The van der Waals surface area contributed by atoms with Crippen LogP contribution in [0.5, 0.6) is 0 Å². The molecule has 0 unspecified atom stereocenters. The number of ether oxygens (including phenoxy) is 1. The molecule has 31 heavy (non-hydrogen) atoms. The standard InChI is InChI=1S/C22H24N4O3S2/c1-29-21(28)19-16-11-7-2-3-8-12-17(16)31-20(19)24-18(27)13-30-22-25-23-14-26(22)15-9-5-4-6-10-15/h4-6,9-10,14H,2-3,7-8,11-13H2,1H3,(H,24,27). The number of hydrogen-bond acceptors (Lipinski definition) is 7. The molecule has 1 N–H and O–H groups in total. The van der Waals surface area contributed by atoms with E-state index in [0.29, 0.717) is 15.7 Å². The predicted octanol–water partition coefficient (Wildman–Crippen LogP) is 4.51. The van der Waals surface area contributed by atoms with Crippen molar-refractivity contribution in [1.82, 2.24) is 14.8 Å². The van der Waals surface area contributed by atoms with Crippen molar-refractivity contribution < 1.29 is 14.3 Å². The molecule has 9 heteroatoms. The second-order valence-corrected chi connectivity index (χ2v) is 9.32. The van der Waals surface area contributed by atoms with Crippen LogP contribution in [0.4, 0.5) is 5.00 Å². The van der Waals surface area contributed by atoms with Crippen molar-refractivity contribution in [3.05, 3.63) is 52.7 Å². The first-order valence-electron chi connectivity index (χ1n) is 10.3. The van der Waals surface area contributed by atoms with Crippen molar-refractivity contribution in [2.75, 3.05) is 18.2 Å². The third kappa shape index (κ3) is 4.99. The van der Waals surface area contributed by atoms with Crippen molar-refractivity contribution in [2.24, 2.45) is 0 Å². The third-order valence-electron chi connectivity index (χ3n) is 5.20. The fourth-order valence-electron chi connectivity index (χ4n) is 3.71. The number of carbonyl (C=O) groups is 2. The monoisotopic (exact) mass is 456 g/mol. The molecule has 1 amide bonds. The average Bonchev–Trinajstić information content (AvgIpc) is 3.37. The minimum atomic E-state index is -0.384. The molecular formula is C22H24N4O3S2. The largest absolute Gasteiger partial charge is 0.465 e. The molecule has 1 aliphatic carbocycles. The number of aromatic nitrogens is 3. The van der Waals surface area contributed by atoms with Crippen LogP contribution in [0.1, 0.15) is 46.5 Å². The number of thioether (sulfide) groups is 1. The van der Waals surface area contributed by atoms with Crippen LogP contribution < -0.4 is 5.32 Å². The number of rotatable bonds is 6. The predicted molar refractivity (Wildman–Crippen MR) is 122 cm³/mol. The molecule has 0 saturated heterocycles. The van der Waals surface area contributed by atoms with Gasteiger partial charge in [0, 0.05) is 10.6 Å². The summed E-state index contributed by atoms with van der Waals surface area (Å²) in [4.78, 5) is 26.4. The molecule has 1 aromatic carbocycles. The first kappa shape index (κ1) is 21.6. The normalized spacial score (nSPS) is 13.7. The number of thiophene rings is 1. The number of methoxy groups -OCH3 is 1. The highest BCUT2D eigenvalue weighted by atomic mass is 32.2. The summed E-state index contributed by atoms with van der Waals surface area (Å²) in [5, 5.41) is 12.3. The van der Waals surface area contributed by atoms with Crippen LogP contribution in [-0.2, 0) is 22.4 Å². The molecule has 162 valence electrons. The van der Waals surface area contributed by atoms with E-state index in [1.54, 1.807) is 6.33 Å². The SMILES string of the molecule is COC(=O)c1c(NC(=O)CSc2nncn2-c2ccccc2)sc2c1CCCCCC2.